The zero-order valence-electron chi connectivity index (χ0n) is 14.2. The smallest absolute Gasteiger partial charge is 0.200 e. The molecule has 134 valence electrons. The summed E-state index contributed by atoms with van der Waals surface area (Å²) < 4.78 is 9.22. The molecule has 5 aromatic rings. The summed E-state index contributed by atoms with van der Waals surface area (Å²) in [6.45, 7) is 2.77. The van der Waals surface area contributed by atoms with Gasteiger partial charge in [0.1, 0.15) is 5.03 Å². The van der Waals surface area contributed by atoms with Crippen molar-refractivity contribution >= 4 is 28.7 Å². The summed E-state index contributed by atoms with van der Waals surface area (Å²) in [4.78, 5) is 0. The van der Waals surface area contributed by atoms with E-state index in [0.717, 1.165) is 28.1 Å². The van der Waals surface area contributed by atoms with E-state index in [-0.39, 0.29) is 0 Å². The molecule has 0 saturated heterocycles. The SMILES string of the molecule is CCn1c(Sc2ccc3nnc(-c4ccsc4)n3n2)nnc1-c1ccco1. The van der Waals surface area contributed by atoms with Crippen LogP contribution in [-0.2, 0) is 6.54 Å². The summed E-state index contributed by atoms with van der Waals surface area (Å²) in [5.41, 5.74) is 1.70. The van der Waals surface area contributed by atoms with E-state index in [1.807, 2.05) is 52.6 Å². The van der Waals surface area contributed by atoms with Gasteiger partial charge in [0.15, 0.2) is 28.2 Å². The Morgan fingerprint density at radius 3 is 2.78 bits per heavy atom. The van der Waals surface area contributed by atoms with Gasteiger partial charge in [0.25, 0.3) is 0 Å². The van der Waals surface area contributed by atoms with Gasteiger partial charge in [0.2, 0.25) is 0 Å². The first-order valence-electron chi connectivity index (χ1n) is 8.23. The first kappa shape index (κ1) is 16.2. The lowest BCUT2D eigenvalue weighted by atomic mass is 10.3. The van der Waals surface area contributed by atoms with Crippen molar-refractivity contribution in [2.45, 2.75) is 23.7 Å². The molecule has 5 rings (SSSR count). The minimum absolute atomic E-state index is 0.693. The van der Waals surface area contributed by atoms with Gasteiger partial charge in [-0.2, -0.15) is 21.0 Å². The average molecular weight is 395 g/mol. The Morgan fingerprint density at radius 2 is 2.00 bits per heavy atom. The maximum absolute atomic E-state index is 5.46. The quantitative estimate of drug-likeness (QED) is 0.446. The average Bonchev–Trinajstić information content (AvgIpc) is 3.46. The van der Waals surface area contributed by atoms with Crippen LogP contribution < -0.4 is 0 Å². The number of aromatic nitrogens is 7. The highest BCUT2D eigenvalue weighted by Gasteiger charge is 2.17. The number of furan rings is 1. The zero-order chi connectivity index (χ0) is 18.2. The first-order chi connectivity index (χ1) is 13.3. The Balaban J connectivity index is 1.53. The molecule has 0 fully saturated rings. The number of fused-ring (bicyclic) bond motifs is 1. The minimum Gasteiger partial charge on any atom is -0.461 e. The minimum atomic E-state index is 0.693. The predicted octanol–water partition coefficient (Wildman–Crippen LogP) is 3.88. The molecule has 0 amide bonds. The van der Waals surface area contributed by atoms with Crippen LogP contribution in [0.5, 0.6) is 0 Å². The molecule has 0 aliphatic rings. The molecule has 0 spiro atoms. The molecule has 8 nitrogen and oxygen atoms in total. The molecule has 0 saturated carbocycles. The van der Waals surface area contributed by atoms with Gasteiger partial charge < -0.3 is 4.42 Å². The normalized spacial score (nSPS) is 11.4. The standard InChI is InChI=1S/C17H13N7OS2/c1-2-23-16(12-4-3-8-25-12)20-21-17(23)27-14-6-5-13-18-19-15(24(13)22-14)11-7-9-26-10-11/h3-10H,2H2,1H3. The predicted molar refractivity (Wildman–Crippen MR) is 102 cm³/mol. The van der Waals surface area contributed by atoms with Crippen molar-refractivity contribution in [1.29, 1.82) is 0 Å². The molecular formula is C17H13N7OS2. The largest absolute Gasteiger partial charge is 0.461 e. The van der Waals surface area contributed by atoms with Crippen LogP contribution in [0.4, 0.5) is 0 Å². The Bertz CT molecular complexity index is 1190. The maximum atomic E-state index is 5.46. The summed E-state index contributed by atoms with van der Waals surface area (Å²) in [5, 5.41) is 27.3. The van der Waals surface area contributed by atoms with Crippen molar-refractivity contribution in [1.82, 2.24) is 34.6 Å². The van der Waals surface area contributed by atoms with Gasteiger partial charge in [0.05, 0.1) is 6.26 Å². The van der Waals surface area contributed by atoms with E-state index in [4.69, 9.17) is 4.42 Å². The van der Waals surface area contributed by atoms with Crippen LogP contribution in [-0.4, -0.2) is 34.6 Å². The van der Waals surface area contributed by atoms with Gasteiger partial charge in [0, 0.05) is 17.5 Å². The maximum Gasteiger partial charge on any atom is 0.200 e. The Labute approximate surface area is 161 Å². The lowest BCUT2D eigenvalue weighted by Gasteiger charge is -2.05. The van der Waals surface area contributed by atoms with Gasteiger partial charge in [-0.15, -0.1) is 20.4 Å². The van der Waals surface area contributed by atoms with E-state index in [9.17, 15) is 0 Å². The monoisotopic (exact) mass is 395 g/mol. The molecule has 5 aromatic heterocycles. The molecule has 0 atom stereocenters. The van der Waals surface area contributed by atoms with Gasteiger partial charge in [-0.1, -0.05) is 0 Å². The highest BCUT2D eigenvalue weighted by atomic mass is 32.2. The first-order valence-corrected chi connectivity index (χ1v) is 9.99. The van der Waals surface area contributed by atoms with E-state index in [1.165, 1.54) is 11.8 Å². The summed E-state index contributed by atoms with van der Waals surface area (Å²) in [5.74, 6) is 2.12. The molecular weight excluding hydrogens is 382 g/mol. The van der Waals surface area contributed by atoms with Crippen LogP contribution in [0.2, 0.25) is 0 Å². The van der Waals surface area contributed by atoms with Gasteiger partial charge in [-0.3, -0.25) is 4.57 Å². The number of thiophene rings is 1. The highest BCUT2D eigenvalue weighted by molar-refractivity contribution is 7.99. The third kappa shape index (κ3) is 2.82. The van der Waals surface area contributed by atoms with Crippen molar-refractivity contribution < 1.29 is 4.42 Å². The van der Waals surface area contributed by atoms with E-state index >= 15 is 0 Å². The lowest BCUT2D eigenvalue weighted by molar-refractivity contribution is 0.567. The molecule has 0 unspecified atom stereocenters. The van der Waals surface area contributed by atoms with Gasteiger partial charge in [-0.05, 0) is 54.4 Å². The van der Waals surface area contributed by atoms with Crippen LogP contribution in [0, 0.1) is 0 Å². The number of nitrogens with zero attached hydrogens (tertiary/aromatic N) is 7. The third-order valence-corrected chi connectivity index (χ3v) is 5.58. The number of hydrogen-bond acceptors (Lipinski definition) is 8. The fourth-order valence-electron chi connectivity index (χ4n) is 2.73. The fraction of sp³-hybridized carbons (Fsp3) is 0.118. The molecule has 5 heterocycles. The van der Waals surface area contributed by atoms with Crippen LogP contribution in [0.1, 0.15) is 6.92 Å². The Kier molecular flexibility index (Phi) is 3.98. The zero-order valence-corrected chi connectivity index (χ0v) is 15.8. The number of hydrogen-bond donors (Lipinski definition) is 0. The second kappa shape index (κ2) is 6.63. The van der Waals surface area contributed by atoms with E-state index < -0.39 is 0 Å². The Hall–Kier alpha value is -2.98. The van der Waals surface area contributed by atoms with E-state index in [1.54, 1.807) is 22.1 Å². The summed E-state index contributed by atoms with van der Waals surface area (Å²) in [7, 11) is 0. The highest BCUT2D eigenvalue weighted by Crippen LogP contribution is 2.29. The van der Waals surface area contributed by atoms with Crippen molar-refractivity contribution in [3.63, 3.8) is 0 Å². The lowest BCUT2D eigenvalue weighted by Crippen LogP contribution is -2.00. The molecule has 0 aliphatic heterocycles. The Morgan fingerprint density at radius 1 is 1.07 bits per heavy atom. The van der Waals surface area contributed by atoms with Crippen LogP contribution >= 0.6 is 23.1 Å². The van der Waals surface area contributed by atoms with Crippen molar-refractivity contribution in [3.05, 3.63) is 47.4 Å². The van der Waals surface area contributed by atoms with Crippen LogP contribution in [0.25, 0.3) is 28.6 Å². The van der Waals surface area contributed by atoms with Crippen molar-refractivity contribution in [2.75, 3.05) is 0 Å². The molecule has 0 radical (unpaired) electrons. The topological polar surface area (TPSA) is 86.9 Å². The molecule has 0 aromatic carbocycles. The van der Waals surface area contributed by atoms with Crippen LogP contribution in [0.15, 0.2) is 62.0 Å². The van der Waals surface area contributed by atoms with Gasteiger partial charge in [-0.25, -0.2) is 0 Å². The molecule has 0 N–H and O–H groups in total. The summed E-state index contributed by atoms with van der Waals surface area (Å²) in [6, 6.07) is 9.53. The molecule has 0 aliphatic carbocycles. The van der Waals surface area contributed by atoms with Crippen molar-refractivity contribution in [2.24, 2.45) is 0 Å². The molecule has 27 heavy (non-hydrogen) atoms. The third-order valence-electron chi connectivity index (χ3n) is 3.99. The summed E-state index contributed by atoms with van der Waals surface area (Å²) >= 11 is 3.06. The second-order valence-corrected chi connectivity index (χ2v) is 7.37. The molecule has 10 heteroatoms. The number of rotatable bonds is 5. The summed E-state index contributed by atoms with van der Waals surface area (Å²) in [6.07, 6.45) is 1.63. The van der Waals surface area contributed by atoms with Crippen LogP contribution in [0.3, 0.4) is 0 Å². The van der Waals surface area contributed by atoms with E-state index in [2.05, 4.69) is 25.5 Å². The molecule has 0 bridgehead atoms. The fourth-order valence-corrected chi connectivity index (χ4v) is 4.22. The van der Waals surface area contributed by atoms with E-state index in [0.29, 0.717) is 17.2 Å². The van der Waals surface area contributed by atoms with Gasteiger partial charge >= 0.3 is 0 Å². The van der Waals surface area contributed by atoms with Crippen molar-refractivity contribution in [3.8, 4) is 23.0 Å². The second-order valence-electron chi connectivity index (χ2n) is 5.61.